The lowest BCUT2D eigenvalue weighted by molar-refractivity contribution is 0.274. The van der Waals surface area contributed by atoms with Crippen LogP contribution in [-0.2, 0) is 0 Å². The highest BCUT2D eigenvalue weighted by Crippen LogP contribution is 2.36. The zero-order valence-corrected chi connectivity index (χ0v) is 18.3. The van der Waals surface area contributed by atoms with Gasteiger partial charge in [-0.3, -0.25) is 0 Å². The van der Waals surface area contributed by atoms with Crippen LogP contribution in [-0.4, -0.2) is 15.4 Å². The first kappa shape index (κ1) is 22.4. The molecule has 0 radical (unpaired) electrons. The first-order valence-electron chi connectivity index (χ1n) is 8.73. The molecule has 12 N–H and O–H groups in total. The number of allylic oxidation sites excluding steroid dienone is 3. The van der Waals surface area contributed by atoms with Gasteiger partial charge in [-0.15, -0.1) is 0 Å². The van der Waals surface area contributed by atoms with Gasteiger partial charge in [0, 0.05) is 5.92 Å². The molecular formula is C12H23N15S3. The number of hydrazine groups is 3. The SMILES string of the molecule is NC1=C(CCCC(CCC2=C(N)SN=NN2N)C2=C(N)SN=NN2N)N(N)N=NS1. The van der Waals surface area contributed by atoms with Gasteiger partial charge in [0.25, 0.3) is 0 Å². The van der Waals surface area contributed by atoms with E-state index in [0.717, 1.165) is 48.7 Å². The van der Waals surface area contributed by atoms with Gasteiger partial charge in [-0.1, -0.05) is 13.6 Å². The monoisotopic (exact) mass is 473 g/mol. The topological polar surface area (TPSA) is 240 Å². The summed E-state index contributed by atoms with van der Waals surface area (Å²) >= 11 is 3.25. The fraction of sp³-hybridized carbons (Fsp3) is 0.500. The predicted molar refractivity (Wildman–Crippen MR) is 116 cm³/mol. The summed E-state index contributed by atoms with van der Waals surface area (Å²) in [5, 5.41) is 16.6. The summed E-state index contributed by atoms with van der Waals surface area (Å²) in [6.45, 7) is 0. The highest BCUT2D eigenvalue weighted by atomic mass is 32.2. The second kappa shape index (κ2) is 10.2. The molecule has 0 amide bonds. The van der Waals surface area contributed by atoms with Gasteiger partial charge in [-0.25, -0.2) is 17.5 Å². The first-order valence-corrected chi connectivity index (χ1v) is 11.1. The van der Waals surface area contributed by atoms with E-state index < -0.39 is 0 Å². The Morgan fingerprint density at radius 2 is 1.17 bits per heavy atom. The van der Waals surface area contributed by atoms with Gasteiger partial charge in [0.2, 0.25) is 0 Å². The van der Waals surface area contributed by atoms with Crippen molar-refractivity contribution in [3.8, 4) is 0 Å². The molecule has 0 fully saturated rings. The zero-order valence-electron chi connectivity index (χ0n) is 15.8. The summed E-state index contributed by atoms with van der Waals surface area (Å²) in [5.74, 6) is 17.7. The normalized spacial score (nSPS) is 20.7. The summed E-state index contributed by atoms with van der Waals surface area (Å²) in [5.41, 5.74) is 20.2. The van der Waals surface area contributed by atoms with Gasteiger partial charge in [0.05, 0.1) is 52.9 Å². The van der Waals surface area contributed by atoms with Gasteiger partial charge in [0.15, 0.2) is 0 Å². The maximum absolute atomic E-state index is 6.16. The number of rotatable bonds is 8. The molecule has 0 saturated heterocycles. The van der Waals surface area contributed by atoms with E-state index >= 15 is 0 Å². The smallest absolute Gasteiger partial charge is 0.114 e. The van der Waals surface area contributed by atoms with Crippen LogP contribution in [0.5, 0.6) is 0 Å². The summed E-state index contributed by atoms with van der Waals surface area (Å²) in [6, 6.07) is 0. The van der Waals surface area contributed by atoms with E-state index in [1.807, 2.05) is 0 Å². The number of hydrogen-bond acceptors (Lipinski definition) is 18. The molecule has 3 aliphatic heterocycles. The lowest BCUT2D eigenvalue weighted by atomic mass is 9.92. The lowest BCUT2D eigenvalue weighted by Crippen LogP contribution is -2.33. The Hall–Kier alpha value is -2.25. The second-order valence-corrected chi connectivity index (χ2v) is 8.68. The van der Waals surface area contributed by atoms with Gasteiger partial charge < -0.3 is 17.2 Å². The fourth-order valence-electron chi connectivity index (χ4n) is 3.06. The van der Waals surface area contributed by atoms with Gasteiger partial charge in [-0.05, 0) is 47.8 Å². The Kier molecular flexibility index (Phi) is 7.61. The largest absolute Gasteiger partial charge is 0.390 e. The van der Waals surface area contributed by atoms with E-state index in [1.165, 1.54) is 15.4 Å². The molecule has 3 heterocycles. The Morgan fingerprint density at radius 3 is 1.70 bits per heavy atom. The van der Waals surface area contributed by atoms with E-state index in [2.05, 4.69) is 29.2 Å². The Bertz CT molecular complexity index is 833. The second-order valence-electron chi connectivity index (χ2n) is 6.32. The Labute approximate surface area is 185 Å². The summed E-state index contributed by atoms with van der Waals surface area (Å²) < 4.78 is 11.3. The molecule has 0 aliphatic carbocycles. The molecule has 1 atom stereocenters. The average molecular weight is 474 g/mol. The van der Waals surface area contributed by atoms with Gasteiger partial charge >= 0.3 is 0 Å². The molecule has 15 nitrogen and oxygen atoms in total. The summed E-state index contributed by atoms with van der Waals surface area (Å²) in [4.78, 5) is 0. The lowest BCUT2D eigenvalue weighted by Gasteiger charge is -2.29. The molecule has 1 unspecified atom stereocenters. The third-order valence-electron chi connectivity index (χ3n) is 4.52. The standard InChI is InChI=1S/C12H23N15S3/c13-10-7(25(16)19-22-28-10)3-1-2-6(9-12(15)30-24-21-27(9)18)4-5-8-11(14)29-23-20-26(8)17/h6H,1-5,13-18H2. The zero-order chi connectivity index (χ0) is 21.7. The van der Waals surface area contributed by atoms with Crippen LogP contribution in [0.25, 0.3) is 0 Å². The molecule has 3 rings (SSSR count). The predicted octanol–water partition coefficient (Wildman–Crippen LogP) is 1.55. The van der Waals surface area contributed by atoms with Crippen LogP contribution in [0.15, 0.2) is 61.4 Å². The average Bonchev–Trinajstić information content (AvgIpc) is 2.69. The minimum Gasteiger partial charge on any atom is -0.390 e. The number of hydrogen-bond donors (Lipinski definition) is 6. The van der Waals surface area contributed by atoms with Crippen molar-refractivity contribution in [2.75, 3.05) is 0 Å². The van der Waals surface area contributed by atoms with Crippen molar-refractivity contribution in [3.05, 3.63) is 32.2 Å². The third-order valence-corrected chi connectivity index (χ3v) is 6.25. The summed E-state index contributed by atoms with van der Waals surface area (Å²) in [7, 11) is 0. The molecule has 30 heavy (non-hydrogen) atoms. The van der Waals surface area contributed by atoms with Crippen molar-refractivity contribution >= 4 is 35.8 Å². The number of nitrogens with two attached hydrogens (primary N) is 6. The van der Waals surface area contributed by atoms with Crippen LogP contribution in [0.3, 0.4) is 0 Å². The fourth-order valence-corrected chi connectivity index (χ4v) is 4.63. The number of nitrogens with zero attached hydrogens (tertiary/aromatic N) is 9. The Morgan fingerprint density at radius 1 is 0.667 bits per heavy atom. The van der Waals surface area contributed by atoms with E-state index in [0.29, 0.717) is 51.4 Å². The molecule has 0 aromatic carbocycles. The van der Waals surface area contributed by atoms with Crippen molar-refractivity contribution in [1.82, 2.24) is 15.4 Å². The van der Waals surface area contributed by atoms with Crippen LogP contribution in [0.1, 0.15) is 32.1 Å². The molecule has 0 bridgehead atoms. The minimum atomic E-state index is -0.0507. The van der Waals surface area contributed by atoms with Crippen molar-refractivity contribution in [2.24, 2.45) is 69.9 Å². The quantitative estimate of drug-likeness (QED) is 0.217. The highest BCUT2D eigenvalue weighted by molar-refractivity contribution is 8.02. The Balaban J connectivity index is 1.70. The van der Waals surface area contributed by atoms with Crippen molar-refractivity contribution < 1.29 is 0 Å². The van der Waals surface area contributed by atoms with Crippen molar-refractivity contribution in [2.45, 2.75) is 32.1 Å². The van der Waals surface area contributed by atoms with Gasteiger partial charge in [0.1, 0.15) is 15.1 Å². The molecule has 0 aromatic heterocycles. The minimum absolute atomic E-state index is 0.0507. The molecular weight excluding hydrogens is 450 g/mol. The highest BCUT2D eigenvalue weighted by Gasteiger charge is 2.27. The van der Waals surface area contributed by atoms with E-state index in [9.17, 15) is 0 Å². The van der Waals surface area contributed by atoms with Crippen LogP contribution >= 0.6 is 35.8 Å². The molecule has 164 valence electrons. The summed E-state index contributed by atoms with van der Waals surface area (Å²) in [6.07, 6.45) is 3.26. The third kappa shape index (κ3) is 5.26. The van der Waals surface area contributed by atoms with Crippen molar-refractivity contribution in [3.63, 3.8) is 0 Å². The van der Waals surface area contributed by atoms with E-state index in [1.54, 1.807) is 0 Å². The van der Waals surface area contributed by atoms with Crippen LogP contribution in [0.4, 0.5) is 0 Å². The maximum Gasteiger partial charge on any atom is 0.114 e. The molecule has 18 heteroatoms. The van der Waals surface area contributed by atoms with Crippen LogP contribution < -0.4 is 34.7 Å². The first-order chi connectivity index (χ1) is 14.4. The van der Waals surface area contributed by atoms with Crippen LogP contribution in [0, 0.1) is 5.92 Å². The van der Waals surface area contributed by atoms with Gasteiger partial charge in [-0.2, -0.15) is 15.4 Å². The molecule has 0 spiro atoms. The maximum atomic E-state index is 6.16. The molecule has 0 saturated carbocycles. The van der Waals surface area contributed by atoms with E-state index in [4.69, 9.17) is 34.7 Å². The van der Waals surface area contributed by atoms with E-state index in [-0.39, 0.29) is 5.92 Å². The molecule has 3 aliphatic rings. The molecule has 0 aromatic rings. The van der Waals surface area contributed by atoms with Crippen LogP contribution in [0.2, 0.25) is 0 Å². The van der Waals surface area contributed by atoms with Crippen molar-refractivity contribution in [1.29, 1.82) is 0 Å².